The third-order valence-corrected chi connectivity index (χ3v) is 4.95. The highest BCUT2D eigenvalue weighted by Gasteiger charge is 2.19. The molecule has 0 aliphatic carbocycles. The standard InChI is InChI=1S/C20H31NO5S/c1-3-25-19(23)12-8-6-5-7-10-16(20(24)26-4-2)21-14-13-17(22)18-11-9-15-27-18/h9,11,15-16,21H,3-8,10,12-14H2,1-2H3. The van der Waals surface area contributed by atoms with Crippen molar-refractivity contribution in [2.24, 2.45) is 0 Å². The van der Waals surface area contributed by atoms with Crippen LogP contribution in [0.1, 0.15) is 68.5 Å². The van der Waals surface area contributed by atoms with Crippen molar-refractivity contribution in [1.29, 1.82) is 0 Å². The van der Waals surface area contributed by atoms with Gasteiger partial charge in [0.15, 0.2) is 5.78 Å². The molecule has 152 valence electrons. The van der Waals surface area contributed by atoms with Gasteiger partial charge < -0.3 is 14.8 Å². The molecule has 1 aromatic rings. The second-order valence-corrected chi connectivity index (χ2v) is 7.11. The van der Waals surface area contributed by atoms with E-state index in [1.54, 1.807) is 13.8 Å². The fraction of sp³-hybridized carbons (Fsp3) is 0.650. The Kier molecular flexibility index (Phi) is 12.4. The van der Waals surface area contributed by atoms with Crippen molar-refractivity contribution in [3.05, 3.63) is 22.4 Å². The second-order valence-electron chi connectivity index (χ2n) is 6.17. The summed E-state index contributed by atoms with van der Waals surface area (Å²) in [6.07, 6.45) is 4.97. The minimum absolute atomic E-state index is 0.0825. The van der Waals surface area contributed by atoms with Gasteiger partial charge in [0.2, 0.25) is 0 Å². The number of Topliss-reactive ketones (excluding diaryl/α,β-unsaturated/α-hetero) is 1. The summed E-state index contributed by atoms with van der Waals surface area (Å²) in [5.74, 6) is -0.342. The lowest BCUT2D eigenvalue weighted by molar-refractivity contribution is -0.146. The van der Waals surface area contributed by atoms with Crippen molar-refractivity contribution in [3.63, 3.8) is 0 Å². The highest BCUT2D eigenvalue weighted by atomic mass is 32.1. The molecule has 0 aliphatic rings. The molecule has 0 fully saturated rings. The summed E-state index contributed by atoms with van der Waals surface area (Å²) in [5.41, 5.74) is 0. The van der Waals surface area contributed by atoms with Crippen molar-refractivity contribution in [2.75, 3.05) is 19.8 Å². The van der Waals surface area contributed by atoms with Crippen molar-refractivity contribution < 1.29 is 23.9 Å². The van der Waals surface area contributed by atoms with Crippen LogP contribution < -0.4 is 5.32 Å². The summed E-state index contributed by atoms with van der Waals surface area (Å²) in [7, 11) is 0. The topological polar surface area (TPSA) is 81.7 Å². The Morgan fingerprint density at radius 3 is 2.44 bits per heavy atom. The van der Waals surface area contributed by atoms with E-state index in [0.29, 0.717) is 39.0 Å². The van der Waals surface area contributed by atoms with E-state index in [1.165, 1.54) is 11.3 Å². The molecular formula is C20H31NO5S. The van der Waals surface area contributed by atoms with E-state index in [4.69, 9.17) is 9.47 Å². The summed E-state index contributed by atoms with van der Waals surface area (Å²) < 4.78 is 10.0. The van der Waals surface area contributed by atoms with Crippen molar-refractivity contribution in [1.82, 2.24) is 5.32 Å². The van der Waals surface area contributed by atoms with Gasteiger partial charge in [0.1, 0.15) is 6.04 Å². The van der Waals surface area contributed by atoms with Crippen LogP contribution in [-0.4, -0.2) is 43.5 Å². The number of esters is 2. The van der Waals surface area contributed by atoms with Crippen LogP contribution in [0.3, 0.4) is 0 Å². The van der Waals surface area contributed by atoms with E-state index in [2.05, 4.69) is 5.32 Å². The minimum atomic E-state index is -0.397. The number of unbranched alkanes of at least 4 members (excludes halogenated alkanes) is 3. The van der Waals surface area contributed by atoms with Crippen LogP contribution in [0.2, 0.25) is 0 Å². The van der Waals surface area contributed by atoms with E-state index < -0.39 is 6.04 Å². The molecule has 6 nitrogen and oxygen atoms in total. The summed E-state index contributed by atoms with van der Waals surface area (Å²) in [4.78, 5) is 36.2. The number of ether oxygens (including phenoxy) is 2. The quantitative estimate of drug-likeness (QED) is 0.276. The maximum absolute atomic E-state index is 12.1. The van der Waals surface area contributed by atoms with Gasteiger partial charge in [0, 0.05) is 19.4 Å². The van der Waals surface area contributed by atoms with Crippen LogP contribution in [-0.2, 0) is 19.1 Å². The zero-order chi connectivity index (χ0) is 19.9. The Hall–Kier alpha value is -1.73. The van der Waals surface area contributed by atoms with Gasteiger partial charge in [-0.15, -0.1) is 11.3 Å². The normalized spacial score (nSPS) is 11.8. The number of rotatable bonds is 15. The van der Waals surface area contributed by atoms with E-state index in [0.717, 1.165) is 30.6 Å². The van der Waals surface area contributed by atoms with Crippen molar-refractivity contribution >= 4 is 29.1 Å². The van der Waals surface area contributed by atoms with E-state index >= 15 is 0 Å². The molecule has 1 heterocycles. The first-order valence-electron chi connectivity index (χ1n) is 9.70. The van der Waals surface area contributed by atoms with Gasteiger partial charge in [0.05, 0.1) is 18.1 Å². The van der Waals surface area contributed by atoms with Gasteiger partial charge in [-0.2, -0.15) is 0 Å². The zero-order valence-corrected chi connectivity index (χ0v) is 17.1. The Morgan fingerprint density at radius 1 is 1.04 bits per heavy atom. The van der Waals surface area contributed by atoms with Gasteiger partial charge in [-0.25, -0.2) is 0 Å². The average Bonchev–Trinajstić information content (AvgIpc) is 3.18. The van der Waals surface area contributed by atoms with Gasteiger partial charge in [-0.05, 0) is 38.1 Å². The Balaban J connectivity index is 2.27. The summed E-state index contributed by atoms with van der Waals surface area (Å²) >= 11 is 1.43. The van der Waals surface area contributed by atoms with Crippen molar-refractivity contribution in [2.45, 2.75) is 64.8 Å². The molecule has 27 heavy (non-hydrogen) atoms. The molecule has 1 atom stereocenters. The van der Waals surface area contributed by atoms with E-state index in [-0.39, 0.29) is 17.7 Å². The first kappa shape index (κ1) is 23.3. The molecule has 1 rings (SSSR count). The lowest BCUT2D eigenvalue weighted by Gasteiger charge is -2.17. The molecule has 0 radical (unpaired) electrons. The number of carbonyl (C=O) groups excluding carboxylic acids is 3. The summed E-state index contributed by atoms with van der Waals surface area (Å²) in [6, 6.07) is 3.27. The minimum Gasteiger partial charge on any atom is -0.466 e. The fourth-order valence-electron chi connectivity index (χ4n) is 2.67. The first-order valence-corrected chi connectivity index (χ1v) is 10.6. The Morgan fingerprint density at radius 2 is 1.78 bits per heavy atom. The molecule has 0 bridgehead atoms. The molecular weight excluding hydrogens is 366 g/mol. The van der Waals surface area contributed by atoms with Crippen LogP contribution in [0.5, 0.6) is 0 Å². The van der Waals surface area contributed by atoms with Gasteiger partial charge >= 0.3 is 11.9 Å². The number of nitrogens with one attached hydrogen (secondary N) is 1. The summed E-state index contributed by atoms with van der Waals surface area (Å²) in [6.45, 7) is 4.79. The molecule has 0 saturated carbocycles. The van der Waals surface area contributed by atoms with E-state index in [1.807, 2.05) is 17.5 Å². The number of thiophene rings is 1. The lowest BCUT2D eigenvalue weighted by atomic mass is 10.1. The maximum atomic E-state index is 12.1. The van der Waals surface area contributed by atoms with Crippen molar-refractivity contribution in [3.8, 4) is 0 Å². The van der Waals surface area contributed by atoms with Crippen LogP contribution >= 0.6 is 11.3 Å². The molecule has 0 saturated heterocycles. The molecule has 1 unspecified atom stereocenters. The van der Waals surface area contributed by atoms with Gasteiger partial charge in [0.25, 0.3) is 0 Å². The largest absolute Gasteiger partial charge is 0.466 e. The molecule has 0 spiro atoms. The smallest absolute Gasteiger partial charge is 0.323 e. The van der Waals surface area contributed by atoms with E-state index in [9.17, 15) is 14.4 Å². The predicted octanol–water partition coefficient (Wildman–Crippen LogP) is 3.75. The fourth-order valence-corrected chi connectivity index (χ4v) is 3.37. The van der Waals surface area contributed by atoms with Crippen LogP contribution in [0.15, 0.2) is 17.5 Å². The SMILES string of the molecule is CCOC(=O)CCCCCCC(NCCC(=O)c1cccs1)C(=O)OCC. The monoisotopic (exact) mass is 397 g/mol. The number of carbonyl (C=O) groups is 3. The molecule has 7 heteroatoms. The van der Waals surface area contributed by atoms with Gasteiger partial charge in [-0.1, -0.05) is 25.3 Å². The highest BCUT2D eigenvalue weighted by Crippen LogP contribution is 2.12. The van der Waals surface area contributed by atoms with Crippen LogP contribution in [0.4, 0.5) is 0 Å². The lowest BCUT2D eigenvalue weighted by Crippen LogP contribution is -2.39. The first-order chi connectivity index (χ1) is 13.1. The Bertz CT molecular complexity index is 559. The molecule has 1 aromatic heterocycles. The van der Waals surface area contributed by atoms with Crippen LogP contribution in [0, 0.1) is 0 Å². The average molecular weight is 398 g/mol. The molecule has 0 aliphatic heterocycles. The molecule has 1 N–H and O–H groups in total. The Labute approximate surface area is 165 Å². The summed E-state index contributed by atoms with van der Waals surface area (Å²) in [5, 5.41) is 5.04. The highest BCUT2D eigenvalue weighted by molar-refractivity contribution is 7.12. The second kappa shape index (κ2) is 14.3. The maximum Gasteiger partial charge on any atom is 0.323 e. The van der Waals surface area contributed by atoms with Crippen LogP contribution in [0.25, 0.3) is 0 Å². The third kappa shape index (κ3) is 10.2. The number of ketones is 1. The zero-order valence-electron chi connectivity index (χ0n) is 16.3. The van der Waals surface area contributed by atoms with Gasteiger partial charge in [-0.3, -0.25) is 14.4 Å². The third-order valence-electron chi connectivity index (χ3n) is 4.04. The predicted molar refractivity (Wildman–Crippen MR) is 106 cm³/mol. The molecule has 0 amide bonds. The molecule has 0 aromatic carbocycles. The number of hydrogen-bond acceptors (Lipinski definition) is 7. The number of hydrogen-bond donors (Lipinski definition) is 1.